The summed E-state index contributed by atoms with van der Waals surface area (Å²) < 4.78 is 4.08. The predicted octanol–water partition coefficient (Wildman–Crippen LogP) is 0.365. The Hall–Kier alpha value is -1.50. The van der Waals surface area contributed by atoms with Crippen LogP contribution < -0.4 is 5.32 Å². The van der Waals surface area contributed by atoms with Gasteiger partial charge in [0.15, 0.2) is 11.5 Å². The van der Waals surface area contributed by atoms with E-state index in [9.17, 15) is 0 Å². The van der Waals surface area contributed by atoms with E-state index < -0.39 is 0 Å². The van der Waals surface area contributed by atoms with Crippen molar-refractivity contribution in [1.29, 1.82) is 0 Å². The third-order valence-electron chi connectivity index (χ3n) is 1.28. The number of aromatic amines is 1. The Morgan fingerprint density at radius 1 is 1.58 bits per heavy atom. The molecule has 2 heterocycles. The Labute approximate surface area is 72.2 Å². The molecule has 62 valence electrons. The van der Waals surface area contributed by atoms with Gasteiger partial charge in [0.25, 0.3) is 0 Å². The summed E-state index contributed by atoms with van der Waals surface area (Å²) in [5.41, 5.74) is 0.660. The fourth-order valence-electron chi connectivity index (χ4n) is 0.738. The van der Waals surface area contributed by atoms with Crippen LogP contribution >= 0.6 is 11.5 Å². The zero-order chi connectivity index (χ0) is 8.39. The molecule has 0 saturated heterocycles. The van der Waals surface area contributed by atoms with E-state index >= 15 is 0 Å². The normalized spacial score (nSPS) is 10.1. The van der Waals surface area contributed by atoms with Crippen LogP contribution in [0.25, 0.3) is 11.5 Å². The molecular formula is C5H6N6S. The third-order valence-corrected chi connectivity index (χ3v) is 2.02. The van der Waals surface area contributed by atoms with Crippen LogP contribution in [0.3, 0.4) is 0 Å². The topological polar surface area (TPSA) is 79.4 Å². The van der Waals surface area contributed by atoms with E-state index in [4.69, 9.17) is 0 Å². The highest BCUT2D eigenvalue weighted by molar-refractivity contribution is 7.09. The van der Waals surface area contributed by atoms with Gasteiger partial charge in [0.2, 0.25) is 5.13 Å². The summed E-state index contributed by atoms with van der Waals surface area (Å²) in [6, 6.07) is 0. The van der Waals surface area contributed by atoms with Crippen molar-refractivity contribution < 1.29 is 0 Å². The van der Waals surface area contributed by atoms with Crippen LogP contribution in [0.4, 0.5) is 5.13 Å². The maximum Gasteiger partial charge on any atom is 0.202 e. The summed E-state index contributed by atoms with van der Waals surface area (Å²) in [5, 5.41) is 13.7. The molecule has 0 aliphatic rings. The van der Waals surface area contributed by atoms with Crippen molar-refractivity contribution in [1.82, 2.24) is 24.8 Å². The van der Waals surface area contributed by atoms with Crippen molar-refractivity contribution in [3.05, 3.63) is 6.20 Å². The van der Waals surface area contributed by atoms with Crippen molar-refractivity contribution in [3.8, 4) is 11.5 Å². The van der Waals surface area contributed by atoms with E-state index in [0.29, 0.717) is 11.5 Å². The second-order valence-electron chi connectivity index (χ2n) is 2.03. The summed E-state index contributed by atoms with van der Waals surface area (Å²) in [7, 11) is 1.80. The average molecular weight is 182 g/mol. The average Bonchev–Trinajstić information content (AvgIpc) is 2.75. The molecule has 2 aromatic rings. The number of anilines is 1. The summed E-state index contributed by atoms with van der Waals surface area (Å²) in [6.07, 6.45) is 1.58. The zero-order valence-corrected chi connectivity index (χ0v) is 7.09. The zero-order valence-electron chi connectivity index (χ0n) is 6.27. The van der Waals surface area contributed by atoms with Gasteiger partial charge in [0, 0.05) is 18.6 Å². The quantitative estimate of drug-likeness (QED) is 0.701. The van der Waals surface area contributed by atoms with Crippen molar-refractivity contribution in [2.24, 2.45) is 0 Å². The molecule has 0 aromatic carbocycles. The lowest BCUT2D eigenvalue weighted by Gasteiger charge is -1.85. The lowest BCUT2D eigenvalue weighted by atomic mass is 10.5. The van der Waals surface area contributed by atoms with E-state index in [1.807, 2.05) is 0 Å². The molecule has 0 saturated carbocycles. The maximum atomic E-state index is 4.14. The number of aromatic nitrogens is 5. The van der Waals surface area contributed by atoms with Gasteiger partial charge in [-0.15, -0.1) is 0 Å². The second kappa shape index (κ2) is 2.86. The highest BCUT2D eigenvalue weighted by atomic mass is 32.1. The van der Waals surface area contributed by atoms with E-state index in [-0.39, 0.29) is 0 Å². The first-order valence-corrected chi connectivity index (χ1v) is 4.05. The molecule has 0 fully saturated rings. The first-order valence-electron chi connectivity index (χ1n) is 3.28. The van der Waals surface area contributed by atoms with Crippen LogP contribution in [0, 0.1) is 0 Å². The molecule has 0 aliphatic carbocycles. The van der Waals surface area contributed by atoms with Crippen molar-refractivity contribution in [2.45, 2.75) is 0 Å². The minimum Gasteiger partial charge on any atom is -0.363 e. The lowest BCUT2D eigenvalue weighted by Crippen LogP contribution is -1.86. The first kappa shape index (κ1) is 7.17. The summed E-state index contributed by atoms with van der Waals surface area (Å²) in [6.45, 7) is 0. The monoisotopic (exact) mass is 182 g/mol. The van der Waals surface area contributed by atoms with Gasteiger partial charge in [0.1, 0.15) is 0 Å². The molecule has 6 nitrogen and oxygen atoms in total. The molecule has 12 heavy (non-hydrogen) atoms. The van der Waals surface area contributed by atoms with Crippen LogP contribution in [-0.2, 0) is 0 Å². The Balaban J connectivity index is 2.35. The molecule has 0 unspecified atom stereocenters. The van der Waals surface area contributed by atoms with Crippen molar-refractivity contribution >= 4 is 16.7 Å². The third kappa shape index (κ3) is 1.14. The highest BCUT2D eigenvalue weighted by Gasteiger charge is 2.06. The van der Waals surface area contributed by atoms with Crippen LogP contribution in [0.15, 0.2) is 6.20 Å². The fourth-order valence-corrected chi connectivity index (χ4v) is 1.26. The van der Waals surface area contributed by atoms with Gasteiger partial charge in [-0.2, -0.15) is 24.8 Å². The molecule has 0 radical (unpaired) electrons. The fraction of sp³-hybridized carbons (Fsp3) is 0.200. The highest BCUT2D eigenvalue weighted by Crippen LogP contribution is 2.16. The Morgan fingerprint density at radius 3 is 3.08 bits per heavy atom. The van der Waals surface area contributed by atoms with E-state index in [1.165, 1.54) is 11.5 Å². The molecule has 2 aromatic heterocycles. The van der Waals surface area contributed by atoms with Gasteiger partial charge in [-0.25, -0.2) is 0 Å². The largest absolute Gasteiger partial charge is 0.363 e. The van der Waals surface area contributed by atoms with Crippen molar-refractivity contribution in [3.63, 3.8) is 0 Å². The van der Waals surface area contributed by atoms with Crippen LogP contribution in [0.5, 0.6) is 0 Å². The second-order valence-corrected chi connectivity index (χ2v) is 2.78. The number of hydrogen-bond donors (Lipinski definition) is 2. The molecule has 0 spiro atoms. The molecular weight excluding hydrogens is 176 g/mol. The maximum absolute atomic E-state index is 4.14. The van der Waals surface area contributed by atoms with E-state index in [1.54, 1.807) is 13.2 Å². The number of nitrogens with one attached hydrogen (secondary N) is 2. The van der Waals surface area contributed by atoms with Gasteiger partial charge in [-0.1, -0.05) is 0 Å². The molecule has 2 N–H and O–H groups in total. The lowest BCUT2D eigenvalue weighted by molar-refractivity contribution is 0.940. The molecule has 0 aliphatic heterocycles. The van der Waals surface area contributed by atoms with E-state index in [0.717, 1.165) is 5.13 Å². The Bertz CT molecular complexity index is 352. The Morgan fingerprint density at radius 2 is 2.50 bits per heavy atom. The smallest absolute Gasteiger partial charge is 0.202 e. The SMILES string of the molecule is CNc1nc(-c2cn[nH]n2)ns1. The molecule has 0 bridgehead atoms. The van der Waals surface area contributed by atoms with Crippen LogP contribution in [0.2, 0.25) is 0 Å². The van der Waals surface area contributed by atoms with Crippen LogP contribution in [-0.4, -0.2) is 31.8 Å². The summed E-state index contributed by atoms with van der Waals surface area (Å²) >= 11 is 1.29. The minimum atomic E-state index is 0.595. The summed E-state index contributed by atoms with van der Waals surface area (Å²) in [5.74, 6) is 0.595. The molecule has 0 amide bonds. The molecule has 7 heteroatoms. The van der Waals surface area contributed by atoms with Gasteiger partial charge in [-0.3, -0.25) is 0 Å². The first-order chi connectivity index (χ1) is 5.90. The van der Waals surface area contributed by atoms with Crippen LogP contribution in [0.1, 0.15) is 0 Å². The summed E-state index contributed by atoms with van der Waals surface area (Å²) in [4.78, 5) is 4.14. The molecule has 0 atom stereocenters. The number of hydrogen-bond acceptors (Lipinski definition) is 6. The number of nitrogens with zero attached hydrogens (tertiary/aromatic N) is 4. The number of H-pyrrole nitrogens is 1. The van der Waals surface area contributed by atoms with Gasteiger partial charge < -0.3 is 5.32 Å². The molecule has 2 rings (SSSR count). The van der Waals surface area contributed by atoms with Gasteiger partial charge in [0.05, 0.1) is 6.20 Å². The van der Waals surface area contributed by atoms with E-state index in [2.05, 4.69) is 30.1 Å². The number of rotatable bonds is 2. The van der Waals surface area contributed by atoms with Gasteiger partial charge >= 0.3 is 0 Å². The standard InChI is InChI=1S/C5H6N6S/c1-6-5-8-4(10-12-5)3-2-7-11-9-3/h2H,1H3,(H,6,8,10)(H,7,9,11). The van der Waals surface area contributed by atoms with Gasteiger partial charge in [-0.05, 0) is 0 Å². The minimum absolute atomic E-state index is 0.595. The van der Waals surface area contributed by atoms with Crippen molar-refractivity contribution in [2.75, 3.05) is 12.4 Å². The predicted molar refractivity (Wildman–Crippen MR) is 44.8 cm³/mol. The Kier molecular flexibility index (Phi) is 1.71.